The van der Waals surface area contributed by atoms with Crippen LogP contribution in [0.15, 0.2) is 24.3 Å². The average molecular weight is 271 g/mol. The van der Waals surface area contributed by atoms with Crippen LogP contribution in [0, 0.1) is 5.82 Å². The molecule has 1 fully saturated rings. The van der Waals surface area contributed by atoms with Crippen LogP contribution in [0.3, 0.4) is 0 Å². The van der Waals surface area contributed by atoms with Crippen LogP contribution in [0.4, 0.5) is 4.39 Å². The summed E-state index contributed by atoms with van der Waals surface area (Å²) in [7, 11) is -3.00. The van der Waals surface area contributed by atoms with Gasteiger partial charge in [-0.25, -0.2) is 12.8 Å². The van der Waals surface area contributed by atoms with Crippen molar-refractivity contribution >= 4 is 15.7 Å². The fourth-order valence-electron chi connectivity index (χ4n) is 1.88. The molecule has 1 amide bonds. The number of hydrogen-bond acceptors (Lipinski definition) is 3. The molecule has 0 aromatic heterocycles. The van der Waals surface area contributed by atoms with Gasteiger partial charge in [0.1, 0.15) is 5.82 Å². The lowest BCUT2D eigenvalue weighted by Gasteiger charge is -2.26. The van der Waals surface area contributed by atoms with Gasteiger partial charge in [-0.15, -0.1) is 0 Å². The maximum atomic E-state index is 13.4. The zero-order valence-electron chi connectivity index (χ0n) is 9.80. The summed E-state index contributed by atoms with van der Waals surface area (Å²) >= 11 is 0. The number of carbonyl (C=O) groups excluding carboxylic acids is 1. The maximum absolute atomic E-state index is 13.4. The number of carbonyl (C=O) groups is 1. The van der Waals surface area contributed by atoms with Gasteiger partial charge in [-0.05, 0) is 11.6 Å². The van der Waals surface area contributed by atoms with Crippen molar-refractivity contribution in [3.05, 3.63) is 35.6 Å². The first-order chi connectivity index (χ1) is 8.48. The molecule has 0 radical (unpaired) electrons. The van der Waals surface area contributed by atoms with Crippen molar-refractivity contribution < 1.29 is 17.6 Å². The van der Waals surface area contributed by atoms with Crippen LogP contribution in [0.2, 0.25) is 0 Å². The second kappa shape index (κ2) is 5.06. The molecule has 0 bridgehead atoms. The van der Waals surface area contributed by atoms with E-state index >= 15 is 0 Å². The third kappa shape index (κ3) is 3.07. The number of nitrogens with zero attached hydrogens (tertiary/aromatic N) is 1. The molecular formula is C12H14FNO3S. The lowest BCUT2D eigenvalue weighted by Crippen LogP contribution is -2.44. The Morgan fingerprint density at radius 1 is 1.22 bits per heavy atom. The molecule has 6 heteroatoms. The second-order valence-electron chi connectivity index (χ2n) is 4.30. The van der Waals surface area contributed by atoms with Gasteiger partial charge >= 0.3 is 0 Å². The Bertz CT molecular complexity index is 542. The molecule has 0 aliphatic carbocycles. The van der Waals surface area contributed by atoms with Crippen molar-refractivity contribution in [1.29, 1.82) is 0 Å². The van der Waals surface area contributed by atoms with E-state index in [0.717, 1.165) is 0 Å². The lowest BCUT2D eigenvalue weighted by molar-refractivity contribution is -0.130. The van der Waals surface area contributed by atoms with Gasteiger partial charge in [-0.1, -0.05) is 18.2 Å². The summed E-state index contributed by atoms with van der Waals surface area (Å²) in [5.41, 5.74) is 0.343. The first-order valence-corrected chi connectivity index (χ1v) is 7.52. The molecule has 1 heterocycles. The fourth-order valence-corrected chi connectivity index (χ4v) is 3.08. The Balaban J connectivity index is 2.00. The van der Waals surface area contributed by atoms with E-state index in [1.54, 1.807) is 18.2 Å². The van der Waals surface area contributed by atoms with E-state index in [-0.39, 0.29) is 36.9 Å². The molecule has 0 spiro atoms. The highest BCUT2D eigenvalue weighted by Gasteiger charge is 2.25. The van der Waals surface area contributed by atoms with Gasteiger partial charge in [0, 0.05) is 13.1 Å². The molecule has 0 atom stereocenters. The van der Waals surface area contributed by atoms with Crippen molar-refractivity contribution in [2.75, 3.05) is 24.6 Å². The number of rotatable bonds is 2. The van der Waals surface area contributed by atoms with Crippen LogP contribution in [0.5, 0.6) is 0 Å². The molecule has 1 saturated heterocycles. The minimum atomic E-state index is -3.00. The number of sulfone groups is 1. The Hall–Kier alpha value is -1.43. The Labute approximate surface area is 105 Å². The minimum absolute atomic E-state index is 0.00396. The molecule has 1 aliphatic rings. The van der Waals surface area contributed by atoms with Gasteiger partial charge in [0.15, 0.2) is 9.84 Å². The third-order valence-corrected chi connectivity index (χ3v) is 4.61. The molecule has 2 rings (SSSR count). The molecule has 1 aliphatic heterocycles. The minimum Gasteiger partial charge on any atom is -0.340 e. The van der Waals surface area contributed by atoms with Gasteiger partial charge in [-0.2, -0.15) is 0 Å². The molecule has 0 N–H and O–H groups in total. The van der Waals surface area contributed by atoms with Crippen molar-refractivity contribution in [1.82, 2.24) is 4.90 Å². The van der Waals surface area contributed by atoms with E-state index in [0.29, 0.717) is 5.56 Å². The number of benzene rings is 1. The largest absolute Gasteiger partial charge is 0.340 e. The monoisotopic (exact) mass is 271 g/mol. The van der Waals surface area contributed by atoms with E-state index < -0.39 is 15.7 Å². The average Bonchev–Trinajstić information content (AvgIpc) is 2.32. The molecule has 4 nitrogen and oxygen atoms in total. The summed E-state index contributed by atoms with van der Waals surface area (Å²) in [4.78, 5) is 13.4. The third-order valence-electron chi connectivity index (χ3n) is 3.00. The summed E-state index contributed by atoms with van der Waals surface area (Å²) in [5.74, 6) is -0.642. The van der Waals surface area contributed by atoms with Crippen molar-refractivity contribution in [2.45, 2.75) is 6.42 Å². The van der Waals surface area contributed by atoms with E-state index in [1.807, 2.05) is 0 Å². The summed E-state index contributed by atoms with van der Waals surface area (Å²) in [6.07, 6.45) is -0.0211. The maximum Gasteiger partial charge on any atom is 0.227 e. The fraction of sp³-hybridized carbons (Fsp3) is 0.417. The number of amides is 1. The van der Waals surface area contributed by atoms with Gasteiger partial charge in [-0.3, -0.25) is 4.79 Å². The van der Waals surface area contributed by atoms with Crippen LogP contribution < -0.4 is 0 Å². The van der Waals surface area contributed by atoms with Crippen LogP contribution in [0.25, 0.3) is 0 Å². The molecule has 1 aromatic carbocycles. The van der Waals surface area contributed by atoms with E-state index in [2.05, 4.69) is 0 Å². The lowest BCUT2D eigenvalue weighted by atomic mass is 10.1. The molecule has 0 unspecified atom stereocenters. The van der Waals surface area contributed by atoms with Crippen molar-refractivity contribution in [3.8, 4) is 0 Å². The molecule has 98 valence electrons. The van der Waals surface area contributed by atoms with Crippen molar-refractivity contribution in [3.63, 3.8) is 0 Å². The Morgan fingerprint density at radius 2 is 1.83 bits per heavy atom. The standard InChI is InChI=1S/C12H14FNO3S/c13-11-4-2-1-3-10(11)9-12(15)14-5-7-18(16,17)8-6-14/h1-4H,5-9H2. The van der Waals surface area contributed by atoms with Crippen LogP contribution in [-0.2, 0) is 21.1 Å². The zero-order chi connectivity index (χ0) is 13.2. The summed E-state index contributed by atoms with van der Waals surface area (Å²) in [6.45, 7) is 0.408. The zero-order valence-corrected chi connectivity index (χ0v) is 10.6. The normalized spacial score (nSPS) is 18.6. The Morgan fingerprint density at radius 3 is 2.44 bits per heavy atom. The Kier molecular flexibility index (Phi) is 3.65. The van der Waals surface area contributed by atoms with Crippen LogP contribution >= 0.6 is 0 Å². The molecule has 1 aromatic rings. The van der Waals surface area contributed by atoms with Gasteiger partial charge in [0.2, 0.25) is 5.91 Å². The highest BCUT2D eigenvalue weighted by atomic mass is 32.2. The molecular weight excluding hydrogens is 257 g/mol. The van der Waals surface area contributed by atoms with E-state index in [1.165, 1.54) is 11.0 Å². The highest BCUT2D eigenvalue weighted by molar-refractivity contribution is 7.91. The summed E-state index contributed by atoms with van der Waals surface area (Å²) < 4.78 is 35.8. The van der Waals surface area contributed by atoms with Gasteiger partial charge in [0.05, 0.1) is 17.9 Å². The van der Waals surface area contributed by atoms with E-state index in [9.17, 15) is 17.6 Å². The second-order valence-corrected chi connectivity index (χ2v) is 6.60. The van der Waals surface area contributed by atoms with Crippen LogP contribution in [0.1, 0.15) is 5.56 Å². The molecule has 18 heavy (non-hydrogen) atoms. The summed E-state index contributed by atoms with van der Waals surface area (Å²) in [5, 5.41) is 0. The predicted molar refractivity (Wildman–Crippen MR) is 65.3 cm³/mol. The quantitative estimate of drug-likeness (QED) is 0.792. The summed E-state index contributed by atoms with van der Waals surface area (Å²) in [6, 6.07) is 6.11. The van der Waals surface area contributed by atoms with Crippen molar-refractivity contribution in [2.24, 2.45) is 0 Å². The van der Waals surface area contributed by atoms with Gasteiger partial charge in [0.25, 0.3) is 0 Å². The number of halogens is 1. The number of hydrogen-bond donors (Lipinski definition) is 0. The first kappa shape index (κ1) is 13.0. The molecule has 0 saturated carbocycles. The highest BCUT2D eigenvalue weighted by Crippen LogP contribution is 2.11. The smallest absolute Gasteiger partial charge is 0.227 e. The van der Waals surface area contributed by atoms with E-state index in [4.69, 9.17) is 0 Å². The van der Waals surface area contributed by atoms with Crippen LogP contribution in [-0.4, -0.2) is 43.8 Å². The first-order valence-electron chi connectivity index (χ1n) is 5.69. The predicted octanol–water partition coefficient (Wildman–Crippen LogP) is 0.625. The van der Waals surface area contributed by atoms with Gasteiger partial charge < -0.3 is 4.90 Å². The SMILES string of the molecule is O=C(Cc1ccccc1F)N1CCS(=O)(=O)CC1. The topological polar surface area (TPSA) is 54.5 Å².